The molecule has 1 saturated carbocycles. The second kappa shape index (κ2) is 4.97. The molecule has 0 radical (unpaired) electrons. The highest BCUT2D eigenvalue weighted by molar-refractivity contribution is 4.77. The number of hydrogen-bond donors (Lipinski definition) is 1. The summed E-state index contributed by atoms with van der Waals surface area (Å²) < 4.78 is 0. The van der Waals surface area contributed by atoms with E-state index < -0.39 is 0 Å². The topological polar surface area (TPSA) is 23.5 Å². The lowest BCUT2D eigenvalue weighted by Gasteiger charge is -2.34. The predicted octanol–water partition coefficient (Wildman–Crippen LogP) is 1.88. The van der Waals surface area contributed by atoms with Crippen LogP contribution in [-0.2, 0) is 0 Å². The van der Waals surface area contributed by atoms with Crippen molar-refractivity contribution in [3.8, 4) is 0 Å². The highest BCUT2D eigenvalue weighted by Crippen LogP contribution is 2.26. The molecule has 2 heteroatoms. The zero-order valence-electron chi connectivity index (χ0n) is 9.16. The Morgan fingerprint density at radius 1 is 1.46 bits per heavy atom. The lowest BCUT2D eigenvalue weighted by atomic mass is 9.86. The van der Waals surface area contributed by atoms with Crippen LogP contribution >= 0.6 is 0 Å². The zero-order valence-corrected chi connectivity index (χ0v) is 9.16. The lowest BCUT2D eigenvalue weighted by molar-refractivity contribution is 0.0930. The maximum Gasteiger partial charge on any atom is 0.0639 e. The van der Waals surface area contributed by atoms with Crippen molar-refractivity contribution < 1.29 is 5.11 Å². The van der Waals surface area contributed by atoms with Gasteiger partial charge < -0.3 is 10.0 Å². The molecule has 0 aromatic carbocycles. The second-order valence-corrected chi connectivity index (χ2v) is 4.71. The number of nitrogens with zero attached hydrogens (tertiary/aromatic N) is 1. The average Bonchev–Trinajstić information content (AvgIpc) is 2.03. The second-order valence-electron chi connectivity index (χ2n) is 4.71. The van der Waals surface area contributed by atoms with Gasteiger partial charge in [-0.3, -0.25) is 0 Å². The fourth-order valence-electron chi connectivity index (χ4n) is 2.37. The van der Waals surface area contributed by atoms with Crippen molar-refractivity contribution in [1.82, 2.24) is 4.90 Å². The van der Waals surface area contributed by atoms with Crippen molar-refractivity contribution in [2.45, 2.75) is 51.7 Å². The molecule has 1 aliphatic carbocycles. The SMILES string of the molecule is CC(O)CN(C)C1CCCC(C)C1. The number of aliphatic hydroxyl groups excluding tert-OH is 1. The van der Waals surface area contributed by atoms with E-state index in [1.807, 2.05) is 6.92 Å². The Morgan fingerprint density at radius 3 is 2.69 bits per heavy atom. The van der Waals surface area contributed by atoms with E-state index in [0.29, 0.717) is 6.04 Å². The molecule has 0 spiro atoms. The summed E-state index contributed by atoms with van der Waals surface area (Å²) in [5.41, 5.74) is 0. The van der Waals surface area contributed by atoms with Crippen molar-refractivity contribution >= 4 is 0 Å². The third kappa shape index (κ3) is 3.65. The fraction of sp³-hybridized carbons (Fsp3) is 1.00. The smallest absolute Gasteiger partial charge is 0.0639 e. The van der Waals surface area contributed by atoms with Crippen molar-refractivity contribution in [1.29, 1.82) is 0 Å². The summed E-state index contributed by atoms with van der Waals surface area (Å²) in [7, 11) is 2.13. The number of rotatable bonds is 3. The van der Waals surface area contributed by atoms with Crippen LogP contribution in [0.2, 0.25) is 0 Å². The number of likely N-dealkylation sites (N-methyl/N-ethyl adjacent to an activating group) is 1. The summed E-state index contributed by atoms with van der Waals surface area (Å²) in [6.07, 6.45) is 5.17. The summed E-state index contributed by atoms with van der Waals surface area (Å²) >= 11 is 0. The van der Waals surface area contributed by atoms with Crippen LogP contribution in [0.4, 0.5) is 0 Å². The van der Waals surface area contributed by atoms with Gasteiger partial charge >= 0.3 is 0 Å². The first-order chi connectivity index (χ1) is 6.09. The third-order valence-electron chi connectivity index (χ3n) is 3.08. The maximum atomic E-state index is 9.28. The van der Waals surface area contributed by atoms with Crippen molar-refractivity contribution in [2.75, 3.05) is 13.6 Å². The van der Waals surface area contributed by atoms with E-state index in [-0.39, 0.29) is 6.10 Å². The van der Waals surface area contributed by atoms with E-state index in [2.05, 4.69) is 18.9 Å². The predicted molar refractivity (Wildman–Crippen MR) is 55.7 cm³/mol. The number of hydrogen-bond acceptors (Lipinski definition) is 2. The molecule has 3 unspecified atom stereocenters. The van der Waals surface area contributed by atoms with Gasteiger partial charge in [0.2, 0.25) is 0 Å². The molecule has 78 valence electrons. The molecule has 0 aromatic rings. The molecule has 0 heterocycles. The van der Waals surface area contributed by atoms with Gasteiger partial charge in [0.05, 0.1) is 6.10 Å². The summed E-state index contributed by atoms with van der Waals surface area (Å²) in [6, 6.07) is 0.707. The Bertz CT molecular complexity index is 147. The first kappa shape index (κ1) is 11.0. The Morgan fingerprint density at radius 2 is 2.15 bits per heavy atom. The van der Waals surface area contributed by atoms with Crippen LogP contribution in [0.25, 0.3) is 0 Å². The van der Waals surface area contributed by atoms with Crippen LogP contribution in [0.15, 0.2) is 0 Å². The highest BCUT2D eigenvalue weighted by atomic mass is 16.3. The van der Waals surface area contributed by atoms with E-state index >= 15 is 0 Å². The zero-order chi connectivity index (χ0) is 9.84. The minimum Gasteiger partial charge on any atom is -0.392 e. The molecule has 2 nitrogen and oxygen atoms in total. The van der Waals surface area contributed by atoms with Crippen LogP contribution in [0.3, 0.4) is 0 Å². The Kier molecular flexibility index (Phi) is 4.20. The van der Waals surface area contributed by atoms with Crippen molar-refractivity contribution in [2.24, 2.45) is 5.92 Å². The molecule has 1 fully saturated rings. The van der Waals surface area contributed by atoms with Crippen LogP contribution in [0.5, 0.6) is 0 Å². The summed E-state index contributed by atoms with van der Waals surface area (Å²) in [5.74, 6) is 0.871. The van der Waals surface area contributed by atoms with Crippen molar-refractivity contribution in [3.63, 3.8) is 0 Å². The summed E-state index contributed by atoms with van der Waals surface area (Å²) in [5, 5.41) is 9.28. The molecule has 1 rings (SSSR count). The molecule has 3 atom stereocenters. The summed E-state index contributed by atoms with van der Waals surface area (Å²) in [4.78, 5) is 2.32. The standard InChI is InChI=1S/C11H23NO/c1-9-5-4-6-11(7-9)12(3)8-10(2)13/h9-11,13H,4-8H2,1-3H3. The quantitative estimate of drug-likeness (QED) is 0.725. The Balaban J connectivity index is 2.32. The highest BCUT2D eigenvalue weighted by Gasteiger charge is 2.22. The van der Waals surface area contributed by atoms with Crippen LogP contribution in [0.1, 0.15) is 39.5 Å². The normalized spacial score (nSPS) is 32.1. The molecule has 1 N–H and O–H groups in total. The minimum atomic E-state index is -0.192. The average molecular weight is 185 g/mol. The minimum absolute atomic E-state index is 0.192. The van der Waals surface area contributed by atoms with Gasteiger partial charge in [0, 0.05) is 12.6 Å². The largest absolute Gasteiger partial charge is 0.392 e. The molecule has 0 aliphatic heterocycles. The molecule has 0 amide bonds. The van der Waals surface area contributed by atoms with Gasteiger partial charge in [-0.2, -0.15) is 0 Å². The molecule has 13 heavy (non-hydrogen) atoms. The first-order valence-corrected chi connectivity index (χ1v) is 5.48. The molecule has 0 saturated heterocycles. The summed E-state index contributed by atoms with van der Waals surface area (Å²) in [6.45, 7) is 5.02. The molecule has 1 aliphatic rings. The van der Waals surface area contributed by atoms with Gasteiger partial charge in [0.1, 0.15) is 0 Å². The van der Waals surface area contributed by atoms with Crippen molar-refractivity contribution in [3.05, 3.63) is 0 Å². The Labute approximate surface area is 81.9 Å². The Hall–Kier alpha value is -0.0800. The molecule has 0 aromatic heterocycles. The van der Waals surface area contributed by atoms with Gasteiger partial charge in [-0.05, 0) is 32.7 Å². The van der Waals surface area contributed by atoms with Gasteiger partial charge in [-0.25, -0.2) is 0 Å². The maximum absolute atomic E-state index is 9.28. The molecular weight excluding hydrogens is 162 g/mol. The molecule has 0 bridgehead atoms. The van der Waals surface area contributed by atoms with E-state index in [0.717, 1.165) is 12.5 Å². The number of aliphatic hydroxyl groups is 1. The van der Waals surface area contributed by atoms with E-state index in [9.17, 15) is 5.11 Å². The van der Waals surface area contributed by atoms with Gasteiger partial charge in [-0.1, -0.05) is 19.8 Å². The van der Waals surface area contributed by atoms with E-state index in [1.165, 1.54) is 25.7 Å². The van der Waals surface area contributed by atoms with E-state index in [1.54, 1.807) is 0 Å². The van der Waals surface area contributed by atoms with Gasteiger partial charge in [0.25, 0.3) is 0 Å². The van der Waals surface area contributed by atoms with Crippen LogP contribution < -0.4 is 0 Å². The fourth-order valence-corrected chi connectivity index (χ4v) is 2.37. The molecular formula is C11H23NO. The van der Waals surface area contributed by atoms with Crippen LogP contribution in [-0.4, -0.2) is 35.7 Å². The van der Waals surface area contributed by atoms with Gasteiger partial charge in [-0.15, -0.1) is 0 Å². The first-order valence-electron chi connectivity index (χ1n) is 5.48. The van der Waals surface area contributed by atoms with E-state index in [4.69, 9.17) is 0 Å². The lowest BCUT2D eigenvalue weighted by Crippen LogP contribution is -2.39. The third-order valence-corrected chi connectivity index (χ3v) is 3.08. The van der Waals surface area contributed by atoms with Gasteiger partial charge in [0.15, 0.2) is 0 Å². The monoisotopic (exact) mass is 185 g/mol. The van der Waals surface area contributed by atoms with Crippen LogP contribution in [0, 0.1) is 5.92 Å².